The van der Waals surface area contributed by atoms with E-state index in [1.807, 2.05) is 18.9 Å². The number of nitrogens with one attached hydrogen (secondary N) is 1. The van der Waals surface area contributed by atoms with Crippen LogP contribution in [0.15, 0.2) is 40.2 Å². The maximum Gasteiger partial charge on any atom is 0.297 e. The first-order valence-electron chi connectivity index (χ1n) is 9.32. The topological polar surface area (TPSA) is 114 Å². The van der Waals surface area contributed by atoms with E-state index in [2.05, 4.69) is 10.1 Å². The van der Waals surface area contributed by atoms with Gasteiger partial charge in [-0.3, -0.25) is 14.2 Å². The number of aromatic nitrogens is 4. The summed E-state index contributed by atoms with van der Waals surface area (Å²) in [5, 5.41) is 14.1. The van der Waals surface area contributed by atoms with Crippen LogP contribution < -0.4 is 15.9 Å². The van der Waals surface area contributed by atoms with E-state index in [9.17, 15) is 27.2 Å². The zero-order valence-electron chi connectivity index (χ0n) is 17.2. The second-order valence-corrected chi connectivity index (χ2v) is 6.47. The van der Waals surface area contributed by atoms with Gasteiger partial charge in [0.05, 0.1) is 24.5 Å². The Balaban J connectivity index is 0.00000187. The van der Waals surface area contributed by atoms with E-state index in [1.165, 1.54) is 18.2 Å². The number of H-pyrrole nitrogens is 1. The molecule has 0 radical (unpaired) electrons. The molecule has 174 valence electrons. The fraction of sp³-hybridized carbons (Fsp3) is 0.250. The monoisotopic (exact) mass is 485 g/mol. The van der Waals surface area contributed by atoms with Crippen molar-refractivity contribution >= 4 is 11.6 Å². The molecule has 0 unspecified atom stereocenters. The van der Waals surface area contributed by atoms with Crippen molar-refractivity contribution in [3.05, 3.63) is 78.8 Å². The van der Waals surface area contributed by atoms with Gasteiger partial charge in [-0.2, -0.15) is 10.4 Å². The lowest BCUT2D eigenvalue weighted by Gasteiger charge is -2.13. The number of aromatic amines is 1. The fourth-order valence-electron chi connectivity index (χ4n) is 2.53. The normalized spacial score (nSPS) is 10.5. The number of nitriles is 1. The highest BCUT2D eigenvalue weighted by Crippen LogP contribution is 2.30. The minimum atomic E-state index is -3.19. The van der Waals surface area contributed by atoms with E-state index in [-0.39, 0.29) is 21.9 Å². The molecule has 8 nitrogen and oxygen atoms in total. The molecule has 3 aromatic rings. The van der Waals surface area contributed by atoms with Gasteiger partial charge < -0.3 is 4.74 Å². The van der Waals surface area contributed by atoms with Crippen LogP contribution in [-0.2, 0) is 6.54 Å². The van der Waals surface area contributed by atoms with Crippen LogP contribution >= 0.6 is 11.6 Å². The summed E-state index contributed by atoms with van der Waals surface area (Å²) >= 11 is 5.85. The van der Waals surface area contributed by atoms with Crippen LogP contribution in [0.1, 0.15) is 49.2 Å². The third-order valence-corrected chi connectivity index (χ3v) is 4.13. The maximum absolute atomic E-state index is 13.4. The SMILES string of the molecule is CC.N#Cc1cc(Cl)cc(Oc2c(C(F)F)ncn(Cc3cc(C(F)F)n[nH]c3=O)c2=O)c1. The number of nitrogens with zero attached hydrogens (tertiary/aromatic N) is 4. The quantitative estimate of drug-likeness (QED) is 0.511. The number of benzene rings is 1. The Morgan fingerprint density at radius 1 is 1.15 bits per heavy atom. The lowest BCUT2D eigenvalue weighted by Crippen LogP contribution is -2.27. The van der Waals surface area contributed by atoms with Gasteiger partial charge in [-0.1, -0.05) is 25.4 Å². The summed E-state index contributed by atoms with van der Waals surface area (Å²) < 4.78 is 58.4. The number of alkyl halides is 4. The molecule has 0 fully saturated rings. The molecule has 0 atom stereocenters. The summed E-state index contributed by atoms with van der Waals surface area (Å²) in [5.74, 6) is -1.05. The maximum atomic E-state index is 13.4. The molecule has 2 aromatic heterocycles. The highest BCUT2D eigenvalue weighted by Gasteiger charge is 2.23. The summed E-state index contributed by atoms with van der Waals surface area (Å²) in [6.45, 7) is 3.43. The van der Waals surface area contributed by atoms with Crippen molar-refractivity contribution in [1.82, 2.24) is 19.7 Å². The molecular formula is C20H16ClF4N5O3. The Bertz CT molecular complexity index is 1290. The molecule has 0 saturated heterocycles. The average molecular weight is 486 g/mol. The molecule has 1 N–H and O–H groups in total. The van der Waals surface area contributed by atoms with Crippen LogP contribution in [0.5, 0.6) is 11.5 Å². The largest absolute Gasteiger partial charge is 0.449 e. The molecule has 0 amide bonds. The molecular weight excluding hydrogens is 470 g/mol. The molecule has 0 bridgehead atoms. The predicted octanol–water partition coefficient (Wildman–Crippen LogP) is 4.59. The van der Waals surface area contributed by atoms with Crippen molar-refractivity contribution in [3.8, 4) is 17.6 Å². The van der Waals surface area contributed by atoms with Crippen molar-refractivity contribution in [2.24, 2.45) is 0 Å². The fourth-order valence-corrected chi connectivity index (χ4v) is 2.75. The Hall–Kier alpha value is -3.72. The molecule has 1 aromatic carbocycles. The standard InChI is InChI=1S/C18H10ClF4N5O3.C2H6/c19-10-1-8(5-24)2-11(4-10)31-14-13(16(22)23)25-7-28(18(14)30)6-9-3-12(15(20)21)26-27-17(9)29;1-2/h1-4,7,15-16H,6H2,(H,27,29);1-2H3. The smallest absolute Gasteiger partial charge is 0.297 e. The zero-order valence-corrected chi connectivity index (χ0v) is 17.9. The first kappa shape index (κ1) is 25.5. The van der Waals surface area contributed by atoms with Crippen LogP contribution in [0.3, 0.4) is 0 Å². The molecule has 0 saturated carbocycles. The van der Waals surface area contributed by atoms with Gasteiger partial charge in [-0.25, -0.2) is 27.6 Å². The molecule has 0 aliphatic carbocycles. The van der Waals surface area contributed by atoms with Crippen molar-refractivity contribution in [3.63, 3.8) is 0 Å². The van der Waals surface area contributed by atoms with Crippen LogP contribution in [0.25, 0.3) is 0 Å². The first-order chi connectivity index (χ1) is 15.7. The van der Waals surface area contributed by atoms with Gasteiger partial charge >= 0.3 is 0 Å². The summed E-state index contributed by atoms with van der Waals surface area (Å²) in [6.07, 6.45) is -5.44. The van der Waals surface area contributed by atoms with Gasteiger partial charge in [0.1, 0.15) is 11.4 Å². The number of ether oxygens (including phenoxy) is 1. The summed E-state index contributed by atoms with van der Waals surface area (Å²) in [6, 6.07) is 6.23. The molecule has 0 spiro atoms. The van der Waals surface area contributed by atoms with Crippen LogP contribution in [0, 0.1) is 11.3 Å². The molecule has 3 rings (SSSR count). The number of hydrogen-bond donors (Lipinski definition) is 1. The summed E-state index contributed by atoms with van der Waals surface area (Å²) in [4.78, 5) is 28.1. The Morgan fingerprint density at radius 2 is 1.85 bits per heavy atom. The van der Waals surface area contributed by atoms with Crippen LogP contribution in [-0.4, -0.2) is 19.7 Å². The number of halogens is 5. The Kier molecular flexibility index (Phi) is 8.70. The zero-order chi connectivity index (χ0) is 24.7. The summed E-state index contributed by atoms with van der Waals surface area (Å²) in [7, 11) is 0. The summed E-state index contributed by atoms with van der Waals surface area (Å²) in [5.41, 5.74) is -3.92. The average Bonchev–Trinajstić information content (AvgIpc) is 2.78. The van der Waals surface area contributed by atoms with E-state index in [0.29, 0.717) is 0 Å². The van der Waals surface area contributed by atoms with Gasteiger partial charge in [0, 0.05) is 10.6 Å². The first-order valence-corrected chi connectivity index (χ1v) is 9.70. The van der Waals surface area contributed by atoms with Crippen LogP contribution in [0.2, 0.25) is 5.02 Å². The van der Waals surface area contributed by atoms with Gasteiger partial charge in [-0.15, -0.1) is 0 Å². The van der Waals surface area contributed by atoms with Gasteiger partial charge in [0.15, 0.2) is 5.69 Å². The number of hydrogen-bond acceptors (Lipinski definition) is 6. The van der Waals surface area contributed by atoms with E-state index in [1.54, 1.807) is 6.07 Å². The molecule has 13 heteroatoms. The van der Waals surface area contributed by atoms with E-state index in [0.717, 1.165) is 17.0 Å². The van der Waals surface area contributed by atoms with Crippen molar-refractivity contribution in [1.29, 1.82) is 5.26 Å². The van der Waals surface area contributed by atoms with Gasteiger partial charge in [0.25, 0.3) is 24.0 Å². The van der Waals surface area contributed by atoms with Crippen molar-refractivity contribution < 1.29 is 22.3 Å². The molecule has 0 aliphatic rings. The van der Waals surface area contributed by atoms with E-state index in [4.69, 9.17) is 21.6 Å². The predicted molar refractivity (Wildman–Crippen MR) is 110 cm³/mol. The highest BCUT2D eigenvalue weighted by molar-refractivity contribution is 6.30. The highest BCUT2D eigenvalue weighted by atomic mass is 35.5. The van der Waals surface area contributed by atoms with Crippen LogP contribution in [0.4, 0.5) is 17.6 Å². The molecule has 33 heavy (non-hydrogen) atoms. The van der Waals surface area contributed by atoms with E-state index >= 15 is 0 Å². The third kappa shape index (κ3) is 6.17. The minimum Gasteiger partial charge on any atom is -0.449 e. The van der Waals surface area contributed by atoms with Gasteiger partial charge in [0.2, 0.25) is 5.75 Å². The Morgan fingerprint density at radius 3 is 2.45 bits per heavy atom. The lowest BCUT2D eigenvalue weighted by atomic mass is 10.2. The molecule has 2 heterocycles. The number of rotatable bonds is 6. The van der Waals surface area contributed by atoms with Crippen molar-refractivity contribution in [2.45, 2.75) is 33.2 Å². The third-order valence-electron chi connectivity index (χ3n) is 3.92. The lowest BCUT2D eigenvalue weighted by molar-refractivity contribution is 0.141. The molecule has 0 aliphatic heterocycles. The van der Waals surface area contributed by atoms with E-state index < -0.39 is 47.7 Å². The minimum absolute atomic E-state index is 0.0492. The second kappa shape index (κ2) is 11.2. The van der Waals surface area contributed by atoms with Gasteiger partial charge in [-0.05, 0) is 24.3 Å². The Labute approximate surface area is 189 Å². The second-order valence-electron chi connectivity index (χ2n) is 6.03. The van der Waals surface area contributed by atoms with Crippen molar-refractivity contribution in [2.75, 3.05) is 0 Å².